The molecule has 19 heavy (non-hydrogen) atoms. The van der Waals surface area contributed by atoms with Crippen LogP contribution in [0.4, 0.5) is 5.69 Å². The maximum atomic E-state index is 11.9. The summed E-state index contributed by atoms with van der Waals surface area (Å²) in [6, 6.07) is 2.46. The topological polar surface area (TPSA) is 91.1 Å². The highest BCUT2D eigenvalue weighted by Gasteiger charge is 2.25. The molecule has 0 saturated heterocycles. The zero-order valence-corrected chi connectivity index (χ0v) is 11.0. The van der Waals surface area contributed by atoms with Gasteiger partial charge in [-0.2, -0.15) is 0 Å². The number of amides is 1. The van der Waals surface area contributed by atoms with Gasteiger partial charge in [0.15, 0.2) is 5.75 Å². The van der Waals surface area contributed by atoms with Crippen LogP contribution in [0.1, 0.15) is 10.4 Å². The van der Waals surface area contributed by atoms with Crippen molar-refractivity contribution < 1.29 is 24.0 Å². The number of nitrogens with zero attached hydrogens (tertiary/aromatic N) is 2. The molecule has 0 aliphatic rings. The minimum absolute atomic E-state index is 0.0379. The third-order valence-corrected chi connectivity index (χ3v) is 2.46. The Hall–Kier alpha value is -2.35. The molecular weight excluding hydrogens is 256 g/mol. The number of nitro groups is 1. The molecule has 104 valence electrons. The monoisotopic (exact) mass is 270 g/mol. The first-order chi connectivity index (χ1) is 8.96. The van der Waals surface area contributed by atoms with Crippen LogP contribution in [-0.2, 0) is 4.84 Å². The van der Waals surface area contributed by atoms with Crippen LogP contribution >= 0.6 is 0 Å². The van der Waals surface area contributed by atoms with Gasteiger partial charge in [0.1, 0.15) is 0 Å². The predicted octanol–water partition coefficient (Wildman–Crippen LogP) is 1.25. The Morgan fingerprint density at radius 1 is 1.26 bits per heavy atom. The first-order valence-corrected chi connectivity index (χ1v) is 5.18. The summed E-state index contributed by atoms with van der Waals surface area (Å²) in [4.78, 5) is 27.0. The molecule has 1 rings (SSSR count). The molecule has 8 heteroatoms. The van der Waals surface area contributed by atoms with Crippen LogP contribution in [0.3, 0.4) is 0 Å². The number of hydrogen-bond acceptors (Lipinski definition) is 6. The van der Waals surface area contributed by atoms with Gasteiger partial charge in [-0.05, 0) is 6.07 Å². The molecule has 0 bridgehead atoms. The quantitative estimate of drug-likeness (QED) is 0.590. The van der Waals surface area contributed by atoms with Crippen molar-refractivity contribution in [1.29, 1.82) is 0 Å². The van der Waals surface area contributed by atoms with E-state index in [9.17, 15) is 14.9 Å². The SMILES string of the molecule is COc1cc(C(=O)N(C)OC)cc([N+](=O)[O-])c1OC. The van der Waals surface area contributed by atoms with Gasteiger partial charge < -0.3 is 9.47 Å². The van der Waals surface area contributed by atoms with Crippen molar-refractivity contribution in [1.82, 2.24) is 5.06 Å². The molecule has 0 aromatic heterocycles. The third-order valence-electron chi connectivity index (χ3n) is 2.46. The van der Waals surface area contributed by atoms with Gasteiger partial charge in [-0.25, -0.2) is 5.06 Å². The van der Waals surface area contributed by atoms with Crippen LogP contribution in [-0.4, -0.2) is 44.3 Å². The third kappa shape index (κ3) is 2.91. The molecule has 1 aromatic carbocycles. The summed E-state index contributed by atoms with van der Waals surface area (Å²) < 4.78 is 9.92. The Balaban J connectivity index is 3.40. The average Bonchev–Trinajstić information content (AvgIpc) is 2.43. The molecule has 0 fully saturated rings. The number of ether oxygens (including phenoxy) is 2. The first-order valence-electron chi connectivity index (χ1n) is 5.18. The number of hydrogen-bond donors (Lipinski definition) is 0. The van der Waals surface area contributed by atoms with E-state index in [-0.39, 0.29) is 22.7 Å². The molecular formula is C11H14N2O6. The Labute approximate surface area is 109 Å². The molecule has 0 unspecified atom stereocenters. The lowest BCUT2D eigenvalue weighted by atomic mass is 10.1. The molecule has 1 aromatic rings. The molecule has 0 saturated carbocycles. The van der Waals surface area contributed by atoms with Crippen molar-refractivity contribution in [3.63, 3.8) is 0 Å². The van der Waals surface area contributed by atoms with Crippen LogP contribution in [0, 0.1) is 10.1 Å². The fourth-order valence-corrected chi connectivity index (χ4v) is 1.47. The number of benzene rings is 1. The molecule has 0 N–H and O–H groups in total. The van der Waals surface area contributed by atoms with Crippen LogP contribution in [0.15, 0.2) is 12.1 Å². The summed E-state index contributed by atoms with van der Waals surface area (Å²) in [5.41, 5.74) is -0.289. The lowest BCUT2D eigenvalue weighted by Gasteiger charge is -2.15. The Kier molecular flexibility index (Phi) is 4.65. The maximum Gasteiger partial charge on any atom is 0.315 e. The largest absolute Gasteiger partial charge is 0.493 e. The maximum absolute atomic E-state index is 11.9. The highest BCUT2D eigenvalue weighted by Crippen LogP contribution is 2.38. The minimum Gasteiger partial charge on any atom is -0.493 e. The van der Waals surface area contributed by atoms with Gasteiger partial charge in [0, 0.05) is 13.1 Å². The van der Waals surface area contributed by atoms with Crippen molar-refractivity contribution in [2.24, 2.45) is 0 Å². The standard InChI is InChI=1S/C11H14N2O6/c1-12(19-4)11(14)7-5-8(13(15)16)10(18-3)9(6-7)17-2/h5-6H,1-4H3. The van der Waals surface area contributed by atoms with E-state index in [4.69, 9.17) is 14.3 Å². The average molecular weight is 270 g/mol. The van der Waals surface area contributed by atoms with E-state index in [1.165, 1.54) is 34.4 Å². The Morgan fingerprint density at radius 3 is 2.32 bits per heavy atom. The van der Waals surface area contributed by atoms with Crippen molar-refractivity contribution in [2.75, 3.05) is 28.4 Å². The summed E-state index contributed by atoms with van der Waals surface area (Å²) in [6.45, 7) is 0. The number of rotatable bonds is 5. The second-order valence-electron chi connectivity index (χ2n) is 3.47. The normalized spacial score (nSPS) is 9.89. The first kappa shape index (κ1) is 14.7. The Morgan fingerprint density at radius 2 is 1.89 bits per heavy atom. The predicted molar refractivity (Wildman–Crippen MR) is 65.3 cm³/mol. The number of carbonyl (C=O) groups is 1. The van der Waals surface area contributed by atoms with Crippen LogP contribution in [0.25, 0.3) is 0 Å². The summed E-state index contributed by atoms with van der Waals surface area (Å²) in [5.74, 6) is -0.472. The highest BCUT2D eigenvalue weighted by molar-refractivity contribution is 5.95. The van der Waals surface area contributed by atoms with E-state index < -0.39 is 10.8 Å². The summed E-state index contributed by atoms with van der Waals surface area (Å²) in [6.07, 6.45) is 0. The Bertz CT molecular complexity index is 502. The van der Waals surface area contributed by atoms with Crippen LogP contribution < -0.4 is 9.47 Å². The molecule has 1 amide bonds. The zero-order chi connectivity index (χ0) is 14.6. The van der Waals surface area contributed by atoms with E-state index in [2.05, 4.69) is 0 Å². The molecule has 8 nitrogen and oxygen atoms in total. The number of hydroxylamine groups is 2. The van der Waals surface area contributed by atoms with Gasteiger partial charge in [0.05, 0.1) is 31.8 Å². The van der Waals surface area contributed by atoms with Gasteiger partial charge >= 0.3 is 5.69 Å². The lowest BCUT2D eigenvalue weighted by molar-refractivity contribution is -0.385. The van der Waals surface area contributed by atoms with Gasteiger partial charge in [0.2, 0.25) is 5.75 Å². The van der Waals surface area contributed by atoms with Crippen molar-refractivity contribution >= 4 is 11.6 Å². The molecule has 0 aliphatic carbocycles. The highest BCUT2D eigenvalue weighted by atomic mass is 16.7. The number of nitro benzene ring substituents is 1. The molecule has 0 atom stereocenters. The number of carbonyl (C=O) groups excluding carboxylic acids is 1. The van der Waals surface area contributed by atoms with E-state index >= 15 is 0 Å². The van der Waals surface area contributed by atoms with E-state index in [0.717, 1.165) is 11.1 Å². The van der Waals surface area contributed by atoms with Crippen LogP contribution in [0.2, 0.25) is 0 Å². The van der Waals surface area contributed by atoms with E-state index in [1.807, 2.05) is 0 Å². The van der Waals surface area contributed by atoms with Gasteiger partial charge in [-0.3, -0.25) is 19.7 Å². The molecule has 0 heterocycles. The minimum atomic E-state index is -0.648. The van der Waals surface area contributed by atoms with Crippen molar-refractivity contribution in [3.8, 4) is 11.5 Å². The fraction of sp³-hybridized carbons (Fsp3) is 0.364. The molecule has 0 spiro atoms. The van der Waals surface area contributed by atoms with Gasteiger partial charge in [0.25, 0.3) is 5.91 Å². The fourth-order valence-electron chi connectivity index (χ4n) is 1.47. The van der Waals surface area contributed by atoms with Gasteiger partial charge in [-0.1, -0.05) is 0 Å². The van der Waals surface area contributed by atoms with Gasteiger partial charge in [-0.15, -0.1) is 0 Å². The number of methoxy groups -OCH3 is 2. The summed E-state index contributed by atoms with van der Waals surface area (Å²) in [7, 11) is 5.32. The van der Waals surface area contributed by atoms with E-state index in [1.54, 1.807) is 0 Å². The summed E-state index contributed by atoms with van der Waals surface area (Å²) in [5, 5.41) is 11.9. The van der Waals surface area contributed by atoms with Crippen molar-refractivity contribution in [2.45, 2.75) is 0 Å². The second-order valence-corrected chi connectivity index (χ2v) is 3.47. The molecule has 0 aliphatic heterocycles. The van der Waals surface area contributed by atoms with Crippen LogP contribution in [0.5, 0.6) is 11.5 Å². The second kappa shape index (κ2) is 6.01. The van der Waals surface area contributed by atoms with E-state index in [0.29, 0.717) is 0 Å². The molecule has 0 radical (unpaired) electrons. The zero-order valence-electron chi connectivity index (χ0n) is 11.0. The smallest absolute Gasteiger partial charge is 0.315 e. The summed E-state index contributed by atoms with van der Waals surface area (Å²) >= 11 is 0. The van der Waals surface area contributed by atoms with Crippen molar-refractivity contribution in [3.05, 3.63) is 27.8 Å². The lowest BCUT2D eigenvalue weighted by Crippen LogP contribution is -2.25.